The zero-order valence-electron chi connectivity index (χ0n) is 17.0. The summed E-state index contributed by atoms with van der Waals surface area (Å²) in [6.45, 7) is 3.94. The summed E-state index contributed by atoms with van der Waals surface area (Å²) < 4.78 is 39.7. The Morgan fingerprint density at radius 3 is 2.39 bits per heavy atom. The van der Waals surface area contributed by atoms with Crippen LogP contribution in [0.15, 0.2) is 47.4 Å². The minimum Gasteiger partial charge on any atom is -0.351 e. The second-order valence-corrected chi connectivity index (χ2v) is 9.10. The Balaban J connectivity index is 1.50. The van der Waals surface area contributed by atoms with Gasteiger partial charge in [-0.1, -0.05) is 6.07 Å². The molecule has 0 saturated carbocycles. The van der Waals surface area contributed by atoms with Gasteiger partial charge in [-0.2, -0.15) is 4.31 Å². The first-order valence-electron chi connectivity index (χ1n) is 9.70. The van der Waals surface area contributed by atoms with Gasteiger partial charge in [0.25, 0.3) is 11.6 Å². The molecule has 0 bridgehead atoms. The molecular weight excluding hydrogens is 427 g/mol. The van der Waals surface area contributed by atoms with E-state index in [-0.39, 0.29) is 29.2 Å². The highest BCUT2D eigenvalue weighted by Gasteiger charge is 2.28. The Hall–Kier alpha value is -2.89. The maximum atomic E-state index is 13.1. The molecule has 1 saturated heterocycles. The van der Waals surface area contributed by atoms with Crippen LogP contribution in [0.2, 0.25) is 0 Å². The lowest BCUT2D eigenvalue weighted by Gasteiger charge is -2.34. The van der Waals surface area contributed by atoms with E-state index in [1.54, 1.807) is 0 Å². The standard InChI is InChI=1S/C20H23FN4O5S/c1-15-18(3-2-4-19(15)25(27)28)20(26)22-9-10-23-11-13-24(14-12-23)31(29,30)17-7-5-16(21)6-8-17/h2-8H,9-14H2,1H3,(H,22,26). The van der Waals surface area contributed by atoms with Gasteiger partial charge in [0.1, 0.15) is 5.82 Å². The molecule has 0 aromatic heterocycles. The predicted octanol–water partition coefficient (Wildman–Crippen LogP) is 1.78. The van der Waals surface area contributed by atoms with Gasteiger partial charge in [0.2, 0.25) is 10.0 Å². The molecule has 1 heterocycles. The maximum Gasteiger partial charge on any atom is 0.273 e. The van der Waals surface area contributed by atoms with E-state index in [2.05, 4.69) is 5.32 Å². The highest BCUT2D eigenvalue weighted by Crippen LogP contribution is 2.21. The molecule has 1 amide bonds. The molecule has 166 valence electrons. The first-order valence-corrected chi connectivity index (χ1v) is 11.1. The third-order valence-corrected chi connectivity index (χ3v) is 7.16. The average Bonchev–Trinajstić information content (AvgIpc) is 2.74. The molecule has 2 aromatic rings. The Morgan fingerprint density at radius 2 is 1.77 bits per heavy atom. The summed E-state index contributed by atoms with van der Waals surface area (Å²) in [6.07, 6.45) is 0. The molecule has 1 aliphatic rings. The number of carbonyl (C=O) groups is 1. The largest absolute Gasteiger partial charge is 0.351 e. The van der Waals surface area contributed by atoms with Gasteiger partial charge in [0.15, 0.2) is 0 Å². The fourth-order valence-corrected chi connectivity index (χ4v) is 4.86. The van der Waals surface area contributed by atoms with Crippen molar-refractivity contribution in [3.05, 3.63) is 69.5 Å². The summed E-state index contributed by atoms with van der Waals surface area (Å²) in [6, 6.07) is 9.11. The normalized spacial score (nSPS) is 15.5. The van der Waals surface area contributed by atoms with Crippen LogP contribution in [0.5, 0.6) is 0 Å². The Kier molecular flexibility index (Phi) is 6.98. The molecule has 11 heteroatoms. The van der Waals surface area contributed by atoms with Crippen LogP contribution in [0.4, 0.5) is 10.1 Å². The zero-order valence-corrected chi connectivity index (χ0v) is 17.8. The lowest BCUT2D eigenvalue weighted by atomic mass is 10.1. The second kappa shape index (κ2) is 9.50. The monoisotopic (exact) mass is 450 g/mol. The van der Waals surface area contributed by atoms with Gasteiger partial charge in [-0.25, -0.2) is 12.8 Å². The SMILES string of the molecule is Cc1c(C(=O)NCCN2CCN(S(=O)(=O)c3ccc(F)cc3)CC2)cccc1[N+](=O)[O-]. The van der Waals surface area contributed by atoms with Gasteiger partial charge in [-0.15, -0.1) is 0 Å². The number of carbonyl (C=O) groups excluding carboxylic acids is 1. The van der Waals surface area contributed by atoms with Crippen LogP contribution >= 0.6 is 0 Å². The van der Waals surface area contributed by atoms with E-state index in [0.717, 1.165) is 12.1 Å². The molecule has 0 atom stereocenters. The van der Waals surface area contributed by atoms with Crippen molar-refractivity contribution in [2.75, 3.05) is 39.3 Å². The molecular formula is C20H23FN4O5S. The molecule has 0 spiro atoms. The van der Waals surface area contributed by atoms with Crippen molar-refractivity contribution in [2.24, 2.45) is 0 Å². The number of sulfonamides is 1. The number of benzene rings is 2. The molecule has 31 heavy (non-hydrogen) atoms. The molecule has 9 nitrogen and oxygen atoms in total. The van der Waals surface area contributed by atoms with Gasteiger partial charge in [0, 0.05) is 56.5 Å². The van der Waals surface area contributed by atoms with Crippen molar-refractivity contribution in [3.8, 4) is 0 Å². The number of nitro groups is 1. The quantitative estimate of drug-likeness (QED) is 0.508. The number of nitrogens with one attached hydrogen (secondary N) is 1. The highest BCUT2D eigenvalue weighted by molar-refractivity contribution is 7.89. The van der Waals surface area contributed by atoms with E-state index < -0.39 is 26.7 Å². The van der Waals surface area contributed by atoms with Crippen LogP contribution in [0.3, 0.4) is 0 Å². The molecule has 1 fully saturated rings. The summed E-state index contributed by atoms with van der Waals surface area (Å²) in [5.74, 6) is -0.884. The molecule has 3 rings (SSSR count). The number of piperazine rings is 1. The number of hydrogen-bond acceptors (Lipinski definition) is 6. The number of rotatable bonds is 7. The minimum atomic E-state index is -3.67. The molecule has 0 unspecified atom stereocenters. The van der Waals surface area contributed by atoms with Crippen LogP contribution < -0.4 is 5.32 Å². The van der Waals surface area contributed by atoms with E-state index >= 15 is 0 Å². The first-order chi connectivity index (χ1) is 14.7. The topological polar surface area (TPSA) is 113 Å². The zero-order chi connectivity index (χ0) is 22.6. The van der Waals surface area contributed by atoms with Crippen molar-refractivity contribution in [3.63, 3.8) is 0 Å². The number of nitrogens with zero attached hydrogens (tertiary/aromatic N) is 3. The van der Waals surface area contributed by atoms with E-state index in [1.165, 1.54) is 41.6 Å². The van der Waals surface area contributed by atoms with Crippen LogP contribution in [0.1, 0.15) is 15.9 Å². The summed E-state index contributed by atoms with van der Waals surface area (Å²) in [7, 11) is -3.67. The summed E-state index contributed by atoms with van der Waals surface area (Å²) >= 11 is 0. The number of amides is 1. The van der Waals surface area contributed by atoms with Crippen LogP contribution in [0.25, 0.3) is 0 Å². The molecule has 1 N–H and O–H groups in total. The number of nitro benzene ring substituents is 1. The van der Waals surface area contributed by atoms with E-state index in [9.17, 15) is 27.7 Å². The lowest BCUT2D eigenvalue weighted by Crippen LogP contribution is -2.50. The Bertz CT molecular complexity index is 1070. The fourth-order valence-electron chi connectivity index (χ4n) is 3.44. The molecule has 2 aromatic carbocycles. The average molecular weight is 450 g/mol. The summed E-state index contributed by atoms with van der Waals surface area (Å²) in [5, 5.41) is 13.8. The van der Waals surface area contributed by atoms with Crippen LogP contribution in [-0.4, -0.2) is 67.7 Å². The van der Waals surface area contributed by atoms with E-state index in [0.29, 0.717) is 31.7 Å². The van der Waals surface area contributed by atoms with Gasteiger partial charge in [0.05, 0.1) is 9.82 Å². The summed E-state index contributed by atoms with van der Waals surface area (Å²) in [5.41, 5.74) is 0.458. The van der Waals surface area contributed by atoms with Crippen molar-refractivity contribution >= 4 is 21.6 Å². The van der Waals surface area contributed by atoms with Gasteiger partial charge < -0.3 is 5.32 Å². The third kappa shape index (κ3) is 5.24. The van der Waals surface area contributed by atoms with Gasteiger partial charge in [-0.3, -0.25) is 19.8 Å². The van der Waals surface area contributed by atoms with Crippen molar-refractivity contribution in [1.29, 1.82) is 0 Å². The highest BCUT2D eigenvalue weighted by atomic mass is 32.2. The molecule has 0 aliphatic carbocycles. The first kappa shape index (κ1) is 22.8. The fraction of sp³-hybridized carbons (Fsp3) is 0.350. The maximum absolute atomic E-state index is 13.1. The number of halogens is 1. The van der Waals surface area contributed by atoms with Crippen molar-refractivity contribution in [1.82, 2.24) is 14.5 Å². The Morgan fingerprint density at radius 1 is 1.13 bits per heavy atom. The molecule has 0 radical (unpaired) electrons. The molecule has 1 aliphatic heterocycles. The number of hydrogen-bond donors (Lipinski definition) is 1. The minimum absolute atomic E-state index is 0.0573. The smallest absolute Gasteiger partial charge is 0.273 e. The third-order valence-electron chi connectivity index (χ3n) is 5.24. The Labute approximate surface area is 179 Å². The van der Waals surface area contributed by atoms with Crippen LogP contribution in [-0.2, 0) is 10.0 Å². The van der Waals surface area contributed by atoms with Crippen LogP contribution in [0, 0.1) is 22.9 Å². The second-order valence-electron chi connectivity index (χ2n) is 7.16. The van der Waals surface area contributed by atoms with E-state index in [4.69, 9.17) is 0 Å². The predicted molar refractivity (Wildman–Crippen MR) is 112 cm³/mol. The van der Waals surface area contributed by atoms with Gasteiger partial charge in [-0.05, 0) is 37.3 Å². The summed E-state index contributed by atoms with van der Waals surface area (Å²) in [4.78, 5) is 25.0. The van der Waals surface area contributed by atoms with E-state index in [1.807, 2.05) is 4.90 Å². The van der Waals surface area contributed by atoms with Crippen molar-refractivity contribution < 1.29 is 22.5 Å². The van der Waals surface area contributed by atoms with Crippen molar-refractivity contribution in [2.45, 2.75) is 11.8 Å². The lowest BCUT2D eigenvalue weighted by molar-refractivity contribution is -0.385. The van der Waals surface area contributed by atoms with Gasteiger partial charge >= 0.3 is 0 Å².